The molecular formula is C24H25F3N4O. The minimum absolute atomic E-state index is 0.0119. The molecular weight excluding hydrogens is 417 g/mol. The number of hydrogen-bond acceptors (Lipinski definition) is 3. The normalized spacial score (nSPS) is 21.3. The quantitative estimate of drug-likeness (QED) is 0.552. The van der Waals surface area contributed by atoms with Crippen LogP contribution in [-0.4, -0.2) is 28.5 Å². The molecule has 1 fully saturated rings. The summed E-state index contributed by atoms with van der Waals surface area (Å²) < 4.78 is 39.0. The maximum absolute atomic E-state index is 13.0. The van der Waals surface area contributed by atoms with Crippen LogP contribution in [0.4, 0.5) is 13.2 Å². The Morgan fingerprint density at radius 2 is 1.97 bits per heavy atom. The van der Waals surface area contributed by atoms with Crippen molar-refractivity contribution in [3.8, 4) is 0 Å². The number of hydrogen-bond donors (Lipinski definition) is 3. The fraction of sp³-hybridized carbons (Fsp3) is 0.417. The van der Waals surface area contributed by atoms with Crippen LogP contribution in [0.3, 0.4) is 0 Å². The van der Waals surface area contributed by atoms with Crippen LogP contribution in [0.15, 0.2) is 36.4 Å². The molecule has 2 atom stereocenters. The lowest BCUT2D eigenvalue weighted by Crippen LogP contribution is -2.38. The lowest BCUT2D eigenvalue weighted by molar-refractivity contribution is -0.137. The van der Waals surface area contributed by atoms with Gasteiger partial charge in [0, 0.05) is 24.1 Å². The minimum Gasteiger partial charge on any atom is -0.349 e. The average molecular weight is 442 g/mol. The number of nitrogens with zero attached hydrogens (tertiary/aromatic N) is 1. The number of nitrogens with one attached hydrogen (secondary N) is 3. The maximum atomic E-state index is 13.0. The van der Waals surface area contributed by atoms with E-state index >= 15 is 0 Å². The monoisotopic (exact) mass is 442 g/mol. The molecule has 0 radical (unpaired) electrons. The molecule has 168 valence electrons. The Labute approximate surface area is 183 Å². The molecule has 1 aromatic heterocycles. The summed E-state index contributed by atoms with van der Waals surface area (Å²) in [6.07, 6.45) is -0.0421. The highest BCUT2D eigenvalue weighted by Gasteiger charge is 2.31. The summed E-state index contributed by atoms with van der Waals surface area (Å²) in [5.74, 6) is 0.696. The van der Waals surface area contributed by atoms with Crippen molar-refractivity contribution in [3.63, 3.8) is 0 Å². The molecule has 2 heterocycles. The number of H-pyrrole nitrogens is 1. The van der Waals surface area contributed by atoms with Crippen LogP contribution in [0.5, 0.6) is 0 Å². The van der Waals surface area contributed by atoms with Gasteiger partial charge in [0.15, 0.2) is 0 Å². The van der Waals surface area contributed by atoms with Gasteiger partial charge in [0.25, 0.3) is 5.91 Å². The molecule has 2 aliphatic rings. The first-order valence-corrected chi connectivity index (χ1v) is 11.1. The topological polar surface area (TPSA) is 69.8 Å². The Bertz CT molecular complexity index is 1150. The van der Waals surface area contributed by atoms with Gasteiger partial charge in [-0.15, -0.1) is 0 Å². The summed E-state index contributed by atoms with van der Waals surface area (Å²) >= 11 is 0. The van der Waals surface area contributed by atoms with E-state index in [9.17, 15) is 18.0 Å². The van der Waals surface area contributed by atoms with Gasteiger partial charge in [-0.1, -0.05) is 12.5 Å². The fourth-order valence-corrected chi connectivity index (χ4v) is 4.86. The number of carbonyl (C=O) groups excluding carboxylic acids is 1. The number of aromatic amines is 1. The first kappa shape index (κ1) is 21.0. The predicted octanol–water partition coefficient (Wildman–Crippen LogP) is 4.68. The lowest BCUT2D eigenvalue weighted by atomic mass is 9.85. The second-order valence-corrected chi connectivity index (χ2v) is 8.80. The number of rotatable bonds is 3. The van der Waals surface area contributed by atoms with Crippen LogP contribution in [0.1, 0.15) is 64.5 Å². The van der Waals surface area contributed by atoms with Gasteiger partial charge in [-0.2, -0.15) is 13.2 Å². The van der Waals surface area contributed by atoms with Gasteiger partial charge in [0.2, 0.25) is 0 Å². The molecule has 3 N–H and O–H groups in total. The number of benzene rings is 2. The largest absolute Gasteiger partial charge is 0.416 e. The Hall–Kier alpha value is -2.87. The van der Waals surface area contributed by atoms with Crippen LogP contribution in [0, 0.1) is 0 Å². The van der Waals surface area contributed by atoms with Crippen molar-refractivity contribution in [1.29, 1.82) is 0 Å². The molecule has 1 saturated carbocycles. The van der Waals surface area contributed by atoms with Gasteiger partial charge in [0.1, 0.15) is 5.82 Å². The van der Waals surface area contributed by atoms with Crippen LogP contribution in [0.2, 0.25) is 0 Å². The number of halogens is 3. The van der Waals surface area contributed by atoms with Crippen LogP contribution < -0.4 is 10.6 Å². The maximum Gasteiger partial charge on any atom is 0.416 e. The van der Waals surface area contributed by atoms with Crippen molar-refractivity contribution in [2.24, 2.45) is 0 Å². The van der Waals surface area contributed by atoms with E-state index in [4.69, 9.17) is 0 Å². The van der Waals surface area contributed by atoms with E-state index in [1.807, 2.05) is 18.2 Å². The molecule has 32 heavy (non-hydrogen) atoms. The van der Waals surface area contributed by atoms with E-state index in [1.165, 1.54) is 17.2 Å². The standard InChI is InChI=1S/C24H25F3N4O/c25-24(26,27)18-6-7-20-21(12-18)31-22(30-20)15-2-1-3-19(11-15)29-23(32)16-4-5-17-13-28-9-8-14(17)10-16/h4-7,10,12,15,19,28H,1-3,8-9,11,13H2,(H,29,32)(H,30,31)/t15-,19+/m0/s1. The first-order valence-electron chi connectivity index (χ1n) is 11.1. The highest BCUT2D eigenvalue weighted by molar-refractivity contribution is 5.94. The van der Waals surface area contributed by atoms with Crippen molar-refractivity contribution in [2.75, 3.05) is 6.54 Å². The average Bonchev–Trinajstić information content (AvgIpc) is 3.22. The number of carbonyl (C=O) groups is 1. The smallest absolute Gasteiger partial charge is 0.349 e. The van der Waals surface area contributed by atoms with Crippen molar-refractivity contribution >= 4 is 16.9 Å². The molecule has 5 nitrogen and oxygen atoms in total. The summed E-state index contributed by atoms with van der Waals surface area (Å²) in [7, 11) is 0. The third kappa shape index (κ3) is 4.24. The zero-order valence-electron chi connectivity index (χ0n) is 17.6. The summed E-state index contributed by atoms with van der Waals surface area (Å²) in [5.41, 5.74) is 3.38. The molecule has 1 amide bonds. The molecule has 0 saturated heterocycles. The van der Waals surface area contributed by atoms with E-state index in [2.05, 4.69) is 20.6 Å². The van der Waals surface area contributed by atoms with E-state index in [0.29, 0.717) is 28.8 Å². The van der Waals surface area contributed by atoms with Crippen LogP contribution >= 0.6 is 0 Å². The summed E-state index contributed by atoms with van der Waals surface area (Å²) in [5, 5.41) is 6.49. The van der Waals surface area contributed by atoms with Crippen molar-refractivity contribution < 1.29 is 18.0 Å². The van der Waals surface area contributed by atoms with Crippen molar-refractivity contribution in [3.05, 3.63) is 64.5 Å². The van der Waals surface area contributed by atoms with E-state index in [-0.39, 0.29) is 17.9 Å². The second-order valence-electron chi connectivity index (χ2n) is 8.80. The Kier molecular flexibility index (Phi) is 5.41. The van der Waals surface area contributed by atoms with E-state index in [1.54, 1.807) is 0 Å². The number of amides is 1. The zero-order valence-corrected chi connectivity index (χ0v) is 17.6. The third-order valence-electron chi connectivity index (χ3n) is 6.58. The predicted molar refractivity (Wildman–Crippen MR) is 115 cm³/mol. The summed E-state index contributed by atoms with van der Waals surface area (Å²) in [4.78, 5) is 20.5. The van der Waals surface area contributed by atoms with E-state index < -0.39 is 11.7 Å². The molecule has 1 aliphatic carbocycles. The number of fused-ring (bicyclic) bond motifs is 2. The Balaban J connectivity index is 1.28. The van der Waals surface area contributed by atoms with Gasteiger partial charge in [-0.05, 0) is 73.7 Å². The third-order valence-corrected chi connectivity index (χ3v) is 6.58. The molecule has 8 heteroatoms. The number of aromatic nitrogens is 2. The van der Waals surface area contributed by atoms with E-state index in [0.717, 1.165) is 50.9 Å². The Morgan fingerprint density at radius 1 is 1.09 bits per heavy atom. The summed E-state index contributed by atoms with van der Waals surface area (Å²) in [6.45, 7) is 1.76. The minimum atomic E-state index is -4.38. The number of alkyl halides is 3. The molecule has 5 rings (SSSR count). The Morgan fingerprint density at radius 3 is 2.81 bits per heavy atom. The first-order chi connectivity index (χ1) is 15.4. The molecule has 2 aromatic carbocycles. The molecule has 3 aromatic rings. The van der Waals surface area contributed by atoms with Crippen molar-refractivity contribution in [1.82, 2.24) is 20.6 Å². The fourth-order valence-electron chi connectivity index (χ4n) is 4.86. The van der Waals surface area contributed by atoms with Gasteiger partial charge >= 0.3 is 6.18 Å². The van der Waals surface area contributed by atoms with Crippen LogP contribution in [0.25, 0.3) is 11.0 Å². The van der Waals surface area contributed by atoms with Gasteiger partial charge < -0.3 is 15.6 Å². The van der Waals surface area contributed by atoms with Gasteiger partial charge in [0.05, 0.1) is 16.6 Å². The number of imidazole rings is 1. The molecule has 1 aliphatic heterocycles. The second kappa shape index (κ2) is 8.24. The SMILES string of the molecule is O=C(N[C@@H]1CCC[C@H](c2nc3ccc(C(F)(F)F)cc3[nH]2)C1)c1ccc2c(c1)CCNC2. The highest BCUT2D eigenvalue weighted by atomic mass is 19.4. The molecule has 0 unspecified atom stereocenters. The van der Waals surface area contributed by atoms with Crippen molar-refractivity contribution in [2.45, 2.75) is 56.8 Å². The van der Waals surface area contributed by atoms with Gasteiger partial charge in [-0.3, -0.25) is 4.79 Å². The molecule has 0 bridgehead atoms. The zero-order chi connectivity index (χ0) is 22.3. The highest BCUT2D eigenvalue weighted by Crippen LogP contribution is 2.35. The lowest BCUT2D eigenvalue weighted by Gasteiger charge is -2.29. The summed E-state index contributed by atoms with van der Waals surface area (Å²) in [6, 6.07) is 9.47. The van der Waals surface area contributed by atoms with Crippen LogP contribution in [-0.2, 0) is 19.1 Å². The van der Waals surface area contributed by atoms with Gasteiger partial charge in [-0.25, -0.2) is 4.98 Å². The molecule has 0 spiro atoms.